The summed E-state index contributed by atoms with van der Waals surface area (Å²) in [5.41, 5.74) is 3.56. The molecule has 10 nitrogen and oxygen atoms in total. The molecule has 0 saturated carbocycles. The summed E-state index contributed by atoms with van der Waals surface area (Å²) in [7, 11) is 7.91. The van der Waals surface area contributed by atoms with Gasteiger partial charge in [-0.2, -0.15) is 0 Å². The molecule has 0 saturated heterocycles. The Morgan fingerprint density at radius 3 is 1.38 bits per heavy atom. The molecule has 0 aliphatic rings. The Hall–Kier alpha value is -3.30. The normalized spacial score (nSPS) is 11.5. The highest BCUT2D eigenvalue weighted by Gasteiger charge is 2.12. The average Bonchev–Trinajstić information content (AvgIpc) is 3.39. The smallest absolute Gasteiger partial charge is 0.165 e. The van der Waals surface area contributed by atoms with E-state index in [2.05, 4.69) is 39.0 Å². The van der Waals surface area contributed by atoms with E-state index in [1.807, 2.05) is 50.6 Å². The molecule has 0 bridgehead atoms. The van der Waals surface area contributed by atoms with Crippen LogP contribution in [0.25, 0.3) is 22.3 Å². The van der Waals surface area contributed by atoms with Crippen molar-refractivity contribution in [3.8, 4) is 0 Å². The molecule has 0 spiro atoms. The molecule has 4 aromatic heterocycles. The summed E-state index contributed by atoms with van der Waals surface area (Å²) in [6, 6.07) is 0. The van der Waals surface area contributed by atoms with Gasteiger partial charge >= 0.3 is 0 Å². The molecule has 0 N–H and O–H groups in total. The number of rotatable bonds is 11. The highest BCUT2D eigenvalue weighted by molar-refractivity contribution is 5.83. The second-order valence-electron chi connectivity index (χ2n) is 8.53. The molecule has 10 heteroatoms. The van der Waals surface area contributed by atoms with Crippen LogP contribution in [-0.2, 0) is 13.1 Å². The van der Waals surface area contributed by atoms with Crippen LogP contribution < -0.4 is 9.80 Å². The van der Waals surface area contributed by atoms with Crippen LogP contribution in [0.2, 0.25) is 0 Å². The molecule has 0 amide bonds. The van der Waals surface area contributed by atoms with Crippen molar-refractivity contribution >= 4 is 34.0 Å². The number of hydrogen-bond acceptors (Lipinski definition) is 8. The lowest BCUT2D eigenvalue weighted by molar-refractivity contribution is 0.536. The molecule has 32 heavy (non-hydrogen) atoms. The zero-order valence-corrected chi connectivity index (χ0v) is 19.4. The fraction of sp³-hybridized carbons (Fsp3) is 0.545. The van der Waals surface area contributed by atoms with Gasteiger partial charge in [-0.25, -0.2) is 29.9 Å². The number of aromatic nitrogens is 8. The van der Waals surface area contributed by atoms with Crippen molar-refractivity contribution in [2.45, 2.75) is 51.6 Å². The van der Waals surface area contributed by atoms with Gasteiger partial charge in [0.25, 0.3) is 0 Å². The Morgan fingerprint density at radius 1 is 0.562 bits per heavy atom. The molecule has 0 aromatic carbocycles. The van der Waals surface area contributed by atoms with Crippen molar-refractivity contribution in [1.29, 1.82) is 0 Å². The molecule has 0 aliphatic heterocycles. The molecule has 0 atom stereocenters. The summed E-state index contributed by atoms with van der Waals surface area (Å²) in [5, 5.41) is 0. The van der Waals surface area contributed by atoms with E-state index in [0.29, 0.717) is 0 Å². The number of aryl methyl sites for hydroxylation is 2. The highest BCUT2D eigenvalue weighted by atomic mass is 15.2. The van der Waals surface area contributed by atoms with Crippen molar-refractivity contribution in [2.24, 2.45) is 0 Å². The maximum atomic E-state index is 4.52. The lowest BCUT2D eigenvalue weighted by atomic mass is 10.1. The largest absolute Gasteiger partial charge is 0.361 e. The predicted octanol–water partition coefficient (Wildman–Crippen LogP) is 3.14. The topological polar surface area (TPSA) is 93.7 Å². The minimum absolute atomic E-state index is 0.865. The third kappa shape index (κ3) is 4.63. The van der Waals surface area contributed by atoms with Crippen LogP contribution in [0.3, 0.4) is 0 Å². The minimum atomic E-state index is 0.865. The Kier molecular flexibility index (Phi) is 6.77. The fourth-order valence-corrected chi connectivity index (χ4v) is 3.99. The van der Waals surface area contributed by atoms with Gasteiger partial charge in [-0.3, -0.25) is 0 Å². The Morgan fingerprint density at radius 2 is 0.969 bits per heavy atom. The summed E-state index contributed by atoms with van der Waals surface area (Å²) in [6.45, 7) is 1.88. The predicted molar refractivity (Wildman–Crippen MR) is 127 cm³/mol. The van der Waals surface area contributed by atoms with Gasteiger partial charge < -0.3 is 18.9 Å². The van der Waals surface area contributed by atoms with Crippen molar-refractivity contribution < 1.29 is 0 Å². The van der Waals surface area contributed by atoms with Gasteiger partial charge in [0.1, 0.15) is 12.7 Å². The number of imidazole rings is 2. The Balaban J connectivity index is 1.18. The molecule has 4 rings (SSSR count). The maximum absolute atomic E-state index is 4.52. The zero-order valence-electron chi connectivity index (χ0n) is 19.4. The molecule has 0 radical (unpaired) electrons. The number of hydrogen-bond donors (Lipinski definition) is 0. The molecular weight excluding hydrogens is 404 g/mol. The maximum Gasteiger partial charge on any atom is 0.165 e. The van der Waals surface area contributed by atoms with E-state index in [1.165, 1.54) is 25.7 Å². The van der Waals surface area contributed by atoms with Crippen LogP contribution in [0.5, 0.6) is 0 Å². The van der Waals surface area contributed by atoms with Gasteiger partial charge in [0.05, 0.1) is 12.7 Å². The van der Waals surface area contributed by atoms with Gasteiger partial charge in [0.2, 0.25) is 0 Å². The van der Waals surface area contributed by atoms with E-state index in [4.69, 9.17) is 0 Å². The van der Waals surface area contributed by atoms with Crippen LogP contribution in [-0.4, -0.2) is 67.2 Å². The first-order valence-corrected chi connectivity index (χ1v) is 11.2. The standard InChI is InChI=1S/C22H32N10/c1-29(2)19-17-21(25-13-23-19)31(15-27-17)11-9-7-5-6-8-10-12-32-16-28-18-20(30(3)4)24-14-26-22(18)32/h13-16H,5-12H2,1-4H3. The van der Waals surface area contributed by atoms with Crippen molar-refractivity contribution in [3.05, 3.63) is 25.3 Å². The fourth-order valence-electron chi connectivity index (χ4n) is 3.99. The van der Waals surface area contributed by atoms with E-state index < -0.39 is 0 Å². The second kappa shape index (κ2) is 9.88. The number of anilines is 2. The van der Waals surface area contributed by atoms with Gasteiger partial charge in [0, 0.05) is 41.3 Å². The number of unbranched alkanes of at least 4 members (excludes halogenated alkanes) is 5. The van der Waals surface area contributed by atoms with Crippen molar-refractivity contribution in [2.75, 3.05) is 38.0 Å². The van der Waals surface area contributed by atoms with E-state index in [1.54, 1.807) is 12.7 Å². The average molecular weight is 437 g/mol. The van der Waals surface area contributed by atoms with Gasteiger partial charge in [-0.05, 0) is 12.8 Å². The van der Waals surface area contributed by atoms with Crippen LogP contribution in [0, 0.1) is 0 Å². The molecular formula is C22H32N10. The first kappa shape index (κ1) is 21.9. The van der Waals surface area contributed by atoms with Crippen LogP contribution in [0.4, 0.5) is 11.6 Å². The van der Waals surface area contributed by atoms with E-state index in [9.17, 15) is 0 Å². The third-order valence-electron chi connectivity index (χ3n) is 5.66. The zero-order chi connectivity index (χ0) is 22.5. The van der Waals surface area contributed by atoms with Crippen LogP contribution in [0.15, 0.2) is 25.3 Å². The van der Waals surface area contributed by atoms with Gasteiger partial charge in [-0.1, -0.05) is 25.7 Å². The molecule has 0 aliphatic carbocycles. The summed E-state index contributed by atoms with van der Waals surface area (Å²) >= 11 is 0. The van der Waals surface area contributed by atoms with Gasteiger partial charge in [0.15, 0.2) is 34.0 Å². The molecule has 4 aromatic rings. The summed E-state index contributed by atoms with van der Waals surface area (Å²) in [5.74, 6) is 1.73. The van der Waals surface area contributed by atoms with Gasteiger partial charge in [-0.15, -0.1) is 0 Å². The monoisotopic (exact) mass is 436 g/mol. The van der Waals surface area contributed by atoms with E-state index in [-0.39, 0.29) is 0 Å². The number of fused-ring (bicyclic) bond motifs is 2. The van der Waals surface area contributed by atoms with Crippen LogP contribution >= 0.6 is 0 Å². The Labute approximate surface area is 188 Å². The first-order valence-electron chi connectivity index (χ1n) is 11.2. The lowest BCUT2D eigenvalue weighted by Crippen LogP contribution is -2.11. The highest BCUT2D eigenvalue weighted by Crippen LogP contribution is 2.21. The molecule has 4 heterocycles. The molecule has 170 valence electrons. The van der Waals surface area contributed by atoms with E-state index in [0.717, 1.165) is 59.9 Å². The number of nitrogens with zero attached hydrogens (tertiary/aromatic N) is 10. The minimum Gasteiger partial charge on any atom is -0.361 e. The summed E-state index contributed by atoms with van der Waals surface area (Å²) < 4.78 is 4.27. The van der Waals surface area contributed by atoms with Crippen molar-refractivity contribution in [3.63, 3.8) is 0 Å². The SMILES string of the molecule is CN(C)c1ncnc2c1ncn2CCCCCCCCn1cnc2c(N(C)C)ncnc21. The lowest BCUT2D eigenvalue weighted by Gasteiger charge is -2.11. The third-order valence-corrected chi connectivity index (χ3v) is 5.66. The Bertz CT molecular complexity index is 1070. The summed E-state index contributed by atoms with van der Waals surface area (Å²) in [6.07, 6.45) is 14.1. The quantitative estimate of drug-likeness (QED) is 0.331. The molecule has 0 fully saturated rings. The second-order valence-corrected chi connectivity index (χ2v) is 8.53. The van der Waals surface area contributed by atoms with E-state index >= 15 is 0 Å². The summed E-state index contributed by atoms with van der Waals surface area (Å²) in [4.78, 5) is 30.5. The first-order chi connectivity index (χ1) is 15.6. The van der Waals surface area contributed by atoms with Crippen molar-refractivity contribution in [1.82, 2.24) is 39.0 Å². The van der Waals surface area contributed by atoms with Crippen LogP contribution in [0.1, 0.15) is 38.5 Å². The molecule has 0 unspecified atom stereocenters.